The second-order valence-electron chi connectivity index (χ2n) is 5.04. The Hall–Kier alpha value is -3.42. The summed E-state index contributed by atoms with van der Waals surface area (Å²) in [5.41, 5.74) is 0.432. The molecule has 8 heteroatoms. The molecule has 0 aliphatic heterocycles. The van der Waals surface area contributed by atoms with Crippen LogP contribution in [0.4, 0.5) is 10.5 Å². The van der Waals surface area contributed by atoms with Crippen molar-refractivity contribution in [2.24, 2.45) is 0 Å². The van der Waals surface area contributed by atoms with E-state index in [0.717, 1.165) is 10.5 Å². The van der Waals surface area contributed by atoms with Crippen LogP contribution in [0.1, 0.15) is 5.56 Å². The van der Waals surface area contributed by atoms with Crippen molar-refractivity contribution in [1.29, 1.82) is 0 Å². The van der Waals surface area contributed by atoms with Crippen molar-refractivity contribution in [2.45, 2.75) is 6.42 Å². The van der Waals surface area contributed by atoms with Gasteiger partial charge in [-0.25, -0.2) is 14.5 Å². The lowest BCUT2D eigenvalue weighted by molar-refractivity contribution is 0.202. The fourth-order valence-electron chi connectivity index (χ4n) is 2.29. The van der Waals surface area contributed by atoms with Crippen LogP contribution in [0.2, 0.25) is 0 Å². The zero-order valence-corrected chi connectivity index (χ0v) is 12.7. The van der Waals surface area contributed by atoms with E-state index >= 15 is 0 Å². The molecule has 2 N–H and O–H groups in total. The average Bonchev–Trinajstić information content (AvgIpc) is 3.11. The first-order valence-corrected chi connectivity index (χ1v) is 7.29. The molecule has 0 saturated carbocycles. The van der Waals surface area contributed by atoms with Gasteiger partial charge in [-0.1, -0.05) is 30.3 Å². The monoisotopic (exact) mass is 325 g/mol. The molecule has 1 aromatic carbocycles. The minimum absolute atomic E-state index is 0.0191. The average molecular weight is 325 g/mol. The molecule has 2 heterocycles. The van der Waals surface area contributed by atoms with E-state index in [1.807, 2.05) is 30.3 Å². The van der Waals surface area contributed by atoms with Gasteiger partial charge in [0, 0.05) is 18.9 Å². The Morgan fingerprint density at radius 1 is 1.25 bits per heavy atom. The number of nitrogens with zero attached hydrogens (tertiary/aromatic N) is 4. The van der Waals surface area contributed by atoms with Gasteiger partial charge < -0.3 is 5.11 Å². The lowest BCUT2D eigenvalue weighted by Gasteiger charge is -2.18. The number of amides is 1. The summed E-state index contributed by atoms with van der Waals surface area (Å²) in [5, 5.41) is 13.4. The molecule has 0 unspecified atom stereocenters. The number of hydrogen-bond acceptors (Lipinski definition) is 4. The van der Waals surface area contributed by atoms with E-state index < -0.39 is 11.7 Å². The zero-order chi connectivity index (χ0) is 16.9. The Bertz CT molecular complexity index is 874. The number of aromatic nitrogens is 4. The smallest absolute Gasteiger partial charge is 0.412 e. The van der Waals surface area contributed by atoms with Gasteiger partial charge in [0.1, 0.15) is 5.69 Å². The predicted molar refractivity (Wildman–Crippen MR) is 87.5 cm³/mol. The van der Waals surface area contributed by atoms with Gasteiger partial charge in [-0.15, -0.1) is 0 Å². The lowest BCUT2D eigenvalue weighted by Crippen LogP contribution is -2.36. The number of hydrogen-bond donors (Lipinski definition) is 2. The SMILES string of the molecule is O=C(O)N(CCc1ccccc1)c1cnc(-n2cccn2)[nH]c1=O. The Labute approximate surface area is 137 Å². The highest BCUT2D eigenvalue weighted by molar-refractivity contribution is 5.85. The minimum atomic E-state index is -1.20. The summed E-state index contributed by atoms with van der Waals surface area (Å²) >= 11 is 0. The summed E-state index contributed by atoms with van der Waals surface area (Å²) in [6, 6.07) is 11.2. The molecule has 2 aromatic heterocycles. The maximum absolute atomic E-state index is 12.3. The molecule has 1 amide bonds. The second-order valence-corrected chi connectivity index (χ2v) is 5.04. The van der Waals surface area contributed by atoms with Crippen molar-refractivity contribution in [3.8, 4) is 5.95 Å². The van der Waals surface area contributed by atoms with Crippen LogP contribution in [-0.2, 0) is 6.42 Å². The van der Waals surface area contributed by atoms with Crippen LogP contribution in [0.5, 0.6) is 0 Å². The molecule has 0 atom stereocenters. The van der Waals surface area contributed by atoms with Crippen molar-refractivity contribution in [3.63, 3.8) is 0 Å². The minimum Gasteiger partial charge on any atom is -0.465 e. The number of aromatic amines is 1. The van der Waals surface area contributed by atoms with Gasteiger partial charge in [-0.3, -0.25) is 14.7 Å². The number of rotatable bonds is 5. The van der Waals surface area contributed by atoms with Crippen molar-refractivity contribution in [1.82, 2.24) is 19.7 Å². The molecule has 0 bridgehead atoms. The first-order valence-electron chi connectivity index (χ1n) is 7.29. The standard InChI is InChI=1S/C16H15N5O3/c22-14-13(11-17-15(19-14)21-9-4-8-18-21)20(16(23)24)10-7-12-5-2-1-3-6-12/h1-6,8-9,11H,7,10H2,(H,23,24)(H,17,19,22). The summed E-state index contributed by atoms with van der Waals surface area (Å²) in [5.74, 6) is 0.224. The number of anilines is 1. The van der Waals surface area contributed by atoms with Gasteiger partial charge in [0.25, 0.3) is 5.56 Å². The van der Waals surface area contributed by atoms with Crippen molar-refractivity contribution < 1.29 is 9.90 Å². The van der Waals surface area contributed by atoms with E-state index in [1.54, 1.807) is 18.5 Å². The van der Waals surface area contributed by atoms with Crippen molar-refractivity contribution in [2.75, 3.05) is 11.4 Å². The van der Waals surface area contributed by atoms with Crippen molar-refractivity contribution >= 4 is 11.8 Å². The fraction of sp³-hybridized carbons (Fsp3) is 0.125. The van der Waals surface area contributed by atoms with Gasteiger partial charge >= 0.3 is 6.09 Å². The van der Waals surface area contributed by atoms with Crippen LogP contribution in [0.15, 0.2) is 59.8 Å². The summed E-state index contributed by atoms with van der Waals surface area (Å²) < 4.78 is 1.39. The molecule has 8 nitrogen and oxygen atoms in total. The highest BCUT2D eigenvalue weighted by Crippen LogP contribution is 2.10. The van der Waals surface area contributed by atoms with Crippen LogP contribution in [0.3, 0.4) is 0 Å². The normalized spacial score (nSPS) is 10.5. The molecule has 3 rings (SSSR count). The molecule has 0 radical (unpaired) electrons. The Morgan fingerprint density at radius 3 is 2.67 bits per heavy atom. The second kappa shape index (κ2) is 6.78. The summed E-state index contributed by atoms with van der Waals surface area (Å²) in [4.78, 5) is 31.4. The van der Waals surface area contributed by atoms with Crippen LogP contribution in [0.25, 0.3) is 5.95 Å². The van der Waals surface area contributed by atoms with E-state index in [4.69, 9.17) is 0 Å². The van der Waals surface area contributed by atoms with E-state index in [1.165, 1.54) is 10.9 Å². The molecule has 3 aromatic rings. The van der Waals surface area contributed by atoms with E-state index in [0.29, 0.717) is 6.42 Å². The lowest BCUT2D eigenvalue weighted by atomic mass is 10.1. The molecule has 0 aliphatic carbocycles. The highest BCUT2D eigenvalue weighted by Gasteiger charge is 2.18. The highest BCUT2D eigenvalue weighted by atomic mass is 16.4. The molecule has 122 valence electrons. The number of nitrogens with one attached hydrogen (secondary N) is 1. The summed E-state index contributed by atoms with van der Waals surface area (Å²) in [6.07, 6.45) is 3.72. The topological polar surface area (TPSA) is 104 Å². The third kappa shape index (κ3) is 3.32. The van der Waals surface area contributed by atoms with Gasteiger partial charge in [-0.05, 0) is 18.1 Å². The third-order valence-corrected chi connectivity index (χ3v) is 3.48. The maximum Gasteiger partial charge on any atom is 0.412 e. The van der Waals surface area contributed by atoms with Gasteiger partial charge in [-0.2, -0.15) is 5.10 Å². The maximum atomic E-state index is 12.3. The third-order valence-electron chi connectivity index (χ3n) is 3.48. The molecular weight excluding hydrogens is 310 g/mol. The Morgan fingerprint density at radius 2 is 2.04 bits per heavy atom. The van der Waals surface area contributed by atoms with Crippen molar-refractivity contribution in [3.05, 3.63) is 70.9 Å². The van der Waals surface area contributed by atoms with E-state index in [9.17, 15) is 14.7 Å². The number of H-pyrrole nitrogens is 1. The number of carboxylic acid groups (broad SMARTS) is 1. The fourth-order valence-corrected chi connectivity index (χ4v) is 2.29. The Kier molecular flexibility index (Phi) is 4.37. The molecule has 24 heavy (non-hydrogen) atoms. The molecular formula is C16H15N5O3. The summed E-state index contributed by atoms with van der Waals surface area (Å²) in [6.45, 7) is 0.158. The van der Waals surface area contributed by atoms with Gasteiger partial charge in [0.05, 0.1) is 6.20 Å². The number of benzene rings is 1. The zero-order valence-electron chi connectivity index (χ0n) is 12.7. The van der Waals surface area contributed by atoms with Crippen LogP contribution < -0.4 is 10.5 Å². The Balaban J connectivity index is 1.83. The predicted octanol–water partition coefficient (Wildman–Crippen LogP) is 1.68. The summed E-state index contributed by atoms with van der Waals surface area (Å²) in [7, 11) is 0. The quantitative estimate of drug-likeness (QED) is 0.743. The van der Waals surface area contributed by atoms with Gasteiger partial charge in [0.15, 0.2) is 0 Å². The first-order chi connectivity index (χ1) is 11.6. The molecule has 0 saturated heterocycles. The van der Waals surface area contributed by atoms with Gasteiger partial charge in [0.2, 0.25) is 5.95 Å². The number of carbonyl (C=O) groups is 1. The molecule has 0 aliphatic rings. The van der Waals surface area contributed by atoms with E-state index in [2.05, 4.69) is 15.1 Å². The molecule has 0 spiro atoms. The molecule has 0 fully saturated rings. The largest absolute Gasteiger partial charge is 0.465 e. The van der Waals surface area contributed by atoms with Crippen LogP contribution >= 0.6 is 0 Å². The van der Waals surface area contributed by atoms with E-state index in [-0.39, 0.29) is 18.2 Å². The van der Waals surface area contributed by atoms with Crippen LogP contribution in [0, 0.1) is 0 Å². The first kappa shape index (κ1) is 15.5. The van der Waals surface area contributed by atoms with Crippen LogP contribution in [-0.4, -0.2) is 37.5 Å².